The lowest BCUT2D eigenvalue weighted by Gasteiger charge is -2.11. The van der Waals surface area contributed by atoms with Crippen LogP contribution in [-0.2, 0) is 4.74 Å². The van der Waals surface area contributed by atoms with Gasteiger partial charge in [-0.1, -0.05) is 22.0 Å². The van der Waals surface area contributed by atoms with Gasteiger partial charge in [0.15, 0.2) is 0 Å². The highest BCUT2D eigenvalue weighted by Gasteiger charge is 2.15. The van der Waals surface area contributed by atoms with Gasteiger partial charge in [0.1, 0.15) is 5.69 Å². The largest absolute Gasteiger partial charge is 0.464 e. The molecule has 1 amide bonds. The first kappa shape index (κ1) is 16.9. The molecule has 0 saturated heterocycles. The van der Waals surface area contributed by atoms with E-state index >= 15 is 0 Å². The summed E-state index contributed by atoms with van der Waals surface area (Å²) in [5.74, 6) is -0.802. The normalized spacial score (nSPS) is 10.2. The van der Waals surface area contributed by atoms with E-state index in [-0.39, 0.29) is 11.6 Å². The third kappa shape index (κ3) is 3.64. The number of ether oxygens (including phenoxy) is 1. The lowest BCUT2D eigenvalue weighted by molar-refractivity contribution is 0.0594. The van der Waals surface area contributed by atoms with Crippen LogP contribution in [0.25, 0.3) is 0 Å². The molecule has 114 valence electrons. The van der Waals surface area contributed by atoms with Crippen molar-refractivity contribution >= 4 is 56.1 Å². The predicted molar refractivity (Wildman–Crippen MR) is 95.1 cm³/mol. The molecule has 0 unspecified atom stereocenters. The number of benzene rings is 1. The minimum Gasteiger partial charge on any atom is -0.464 e. The molecule has 1 N–H and O–H groups in total. The summed E-state index contributed by atoms with van der Waals surface area (Å²) < 4.78 is 6.22. The van der Waals surface area contributed by atoms with Crippen molar-refractivity contribution in [2.24, 2.45) is 0 Å². The minimum atomic E-state index is -0.550. The fraction of sp³-hybridized carbons (Fsp3) is 0.133. The zero-order valence-electron chi connectivity index (χ0n) is 11.8. The first-order chi connectivity index (χ1) is 10.4. The van der Waals surface area contributed by atoms with Crippen LogP contribution in [0.2, 0.25) is 0 Å². The maximum Gasteiger partial charge on any atom is 0.356 e. The minimum absolute atomic E-state index is 0.143. The summed E-state index contributed by atoms with van der Waals surface area (Å²) in [5, 5.41) is 2.80. The highest BCUT2D eigenvalue weighted by atomic mass is 127. The first-order valence-electron chi connectivity index (χ1n) is 6.24. The smallest absolute Gasteiger partial charge is 0.356 e. The Kier molecular flexibility index (Phi) is 5.52. The van der Waals surface area contributed by atoms with E-state index in [0.29, 0.717) is 11.3 Å². The topological polar surface area (TPSA) is 68.3 Å². The lowest BCUT2D eigenvalue weighted by atomic mass is 10.1. The number of hydrogen-bond acceptors (Lipinski definition) is 4. The Morgan fingerprint density at radius 1 is 1.36 bits per heavy atom. The van der Waals surface area contributed by atoms with Gasteiger partial charge >= 0.3 is 5.97 Å². The van der Waals surface area contributed by atoms with Crippen LogP contribution in [0.15, 0.2) is 34.9 Å². The van der Waals surface area contributed by atoms with Gasteiger partial charge in [-0.05, 0) is 53.3 Å². The van der Waals surface area contributed by atoms with Crippen LogP contribution >= 0.6 is 38.5 Å². The first-order valence-corrected chi connectivity index (χ1v) is 8.11. The molecule has 0 atom stereocenters. The number of esters is 1. The van der Waals surface area contributed by atoms with E-state index < -0.39 is 5.97 Å². The van der Waals surface area contributed by atoms with Crippen LogP contribution in [0.3, 0.4) is 0 Å². The SMILES string of the molecule is COC(=O)c1cc(NC(=O)c2cccc(Br)c2C)c(I)cn1. The zero-order valence-corrected chi connectivity index (χ0v) is 15.6. The van der Waals surface area contributed by atoms with E-state index in [4.69, 9.17) is 0 Å². The molecule has 1 heterocycles. The van der Waals surface area contributed by atoms with Gasteiger partial charge in [-0.3, -0.25) is 4.79 Å². The van der Waals surface area contributed by atoms with Crippen LogP contribution in [-0.4, -0.2) is 24.0 Å². The van der Waals surface area contributed by atoms with Gasteiger partial charge in [0.25, 0.3) is 5.91 Å². The number of nitrogens with one attached hydrogen (secondary N) is 1. The van der Waals surface area contributed by atoms with Gasteiger partial charge in [0, 0.05) is 16.2 Å². The molecule has 22 heavy (non-hydrogen) atoms. The van der Waals surface area contributed by atoms with E-state index in [0.717, 1.165) is 13.6 Å². The molecule has 0 fully saturated rings. The van der Waals surface area contributed by atoms with Crippen molar-refractivity contribution in [2.75, 3.05) is 12.4 Å². The number of amides is 1. The Hall–Kier alpha value is -1.48. The summed E-state index contributed by atoms with van der Waals surface area (Å²) in [7, 11) is 1.28. The molecule has 0 bridgehead atoms. The molecule has 5 nitrogen and oxygen atoms in total. The summed E-state index contributed by atoms with van der Waals surface area (Å²) in [6, 6.07) is 6.91. The van der Waals surface area contributed by atoms with E-state index in [1.54, 1.807) is 12.1 Å². The van der Waals surface area contributed by atoms with Crippen LogP contribution in [0, 0.1) is 10.5 Å². The second-order valence-corrected chi connectivity index (χ2v) is 6.42. The number of carbonyl (C=O) groups excluding carboxylic acids is 2. The van der Waals surface area contributed by atoms with E-state index in [2.05, 4.69) is 31.0 Å². The van der Waals surface area contributed by atoms with E-state index in [1.807, 2.05) is 35.6 Å². The van der Waals surface area contributed by atoms with Crippen LogP contribution in [0.4, 0.5) is 5.69 Å². The van der Waals surface area contributed by atoms with E-state index in [1.165, 1.54) is 19.4 Å². The van der Waals surface area contributed by atoms with Gasteiger partial charge in [-0.25, -0.2) is 9.78 Å². The molecule has 0 aliphatic rings. The number of aromatic nitrogens is 1. The molecule has 2 rings (SSSR count). The number of nitrogens with zero attached hydrogens (tertiary/aromatic N) is 1. The van der Waals surface area contributed by atoms with Gasteiger partial charge in [0.05, 0.1) is 16.4 Å². The lowest BCUT2D eigenvalue weighted by Crippen LogP contribution is -2.15. The molecular formula is C15H12BrIN2O3. The maximum absolute atomic E-state index is 12.4. The standard InChI is InChI=1S/C15H12BrIN2O3/c1-8-9(4-3-5-10(8)16)14(20)19-12-6-13(15(21)22-2)18-7-11(12)17/h3-7H,1-2H3,(H,18,19,20). The van der Waals surface area contributed by atoms with Crippen molar-refractivity contribution in [3.8, 4) is 0 Å². The fourth-order valence-corrected chi connectivity index (χ4v) is 2.59. The summed E-state index contributed by atoms with van der Waals surface area (Å²) in [5.41, 5.74) is 2.06. The molecule has 0 aliphatic heterocycles. The number of halogens is 2. The third-order valence-electron chi connectivity index (χ3n) is 3.01. The molecule has 0 saturated carbocycles. The van der Waals surface area contributed by atoms with Crippen molar-refractivity contribution in [2.45, 2.75) is 6.92 Å². The Labute approximate surface area is 149 Å². The highest BCUT2D eigenvalue weighted by Crippen LogP contribution is 2.23. The van der Waals surface area contributed by atoms with E-state index in [9.17, 15) is 9.59 Å². The Bertz CT molecular complexity index is 750. The van der Waals surface area contributed by atoms with Crippen LogP contribution < -0.4 is 5.32 Å². The molecule has 0 spiro atoms. The average molecular weight is 475 g/mol. The zero-order chi connectivity index (χ0) is 16.3. The third-order valence-corrected chi connectivity index (χ3v) is 4.73. The highest BCUT2D eigenvalue weighted by molar-refractivity contribution is 14.1. The maximum atomic E-state index is 12.4. The Morgan fingerprint density at radius 2 is 2.09 bits per heavy atom. The number of hydrogen-bond donors (Lipinski definition) is 1. The number of pyridine rings is 1. The molecule has 7 heteroatoms. The van der Waals surface area contributed by atoms with Gasteiger partial charge in [0.2, 0.25) is 0 Å². The quantitative estimate of drug-likeness (QED) is 0.542. The second-order valence-electron chi connectivity index (χ2n) is 4.41. The van der Waals surface area contributed by atoms with Gasteiger partial charge in [-0.15, -0.1) is 0 Å². The van der Waals surface area contributed by atoms with Crippen molar-refractivity contribution < 1.29 is 14.3 Å². The fourth-order valence-electron chi connectivity index (χ4n) is 1.79. The van der Waals surface area contributed by atoms with Gasteiger partial charge in [-0.2, -0.15) is 0 Å². The second kappa shape index (κ2) is 7.19. The van der Waals surface area contributed by atoms with Crippen molar-refractivity contribution in [3.63, 3.8) is 0 Å². The molecule has 1 aromatic carbocycles. The van der Waals surface area contributed by atoms with Crippen LogP contribution in [0.5, 0.6) is 0 Å². The monoisotopic (exact) mass is 474 g/mol. The molecule has 2 aromatic rings. The number of anilines is 1. The Balaban J connectivity index is 2.32. The van der Waals surface area contributed by atoms with Crippen molar-refractivity contribution in [3.05, 3.63) is 55.3 Å². The number of rotatable bonds is 3. The summed E-state index contributed by atoms with van der Waals surface area (Å²) in [4.78, 5) is 27.9. The summed E-state index contributed by atoms with van der Waals surface area (Å²) >= 11 is 5.44. The predicted octanol–water partition coefficient (Wildman–Crippen LogP) is 3.80. The number of methoxy groups -OCH3 is 1. The van der Waals surface area contributed by atoms with Gasteiger partial charge < -0.3 is 10.1 Å². The molecule has 1 aromatic heterocycles. The molecule has 0 radical (unpaired) electrons. The molecule has 0 aliphatic carbocycles. The average Bonchev–Trinajstić information content (AvgIpc) is 2.51. The Morgan fingerprint density at radius 3 is 2.77 bits per heavy atom. The molecular weight excluding hydrogens is 463 g/mol. The van der Waals surface area contributed by atoms with Crippen LogP contribution in [0.1, 0.15) is 26.4 Å². The number of carbonyl (C=O) groups is 2. The summed E-state index contributed by atoms with van der Waals surface area (Å²) in [6.45, 7) is 1.86. The van der Waals surface area contributed by atoms with Crippen molar-refractivity contribution in [1.82, 2.24) is 4.98 Å². The summed E-state index contributed by atoms with van der Waals surface area (Å²) in [6.07, 6.45) is 1.51. The van der Waals surface area contributed by atoms with Crippen molar-refractivity contribution in [1.29, 1.82) is 0 Å².